The number of piperidine rings is 1. The molecule has 0 saturated carbocycles. The van der Waals surface area contributed by atoms with Crippen LogP contribution in [0.5, 0.6) is 11.5 Å². The lowest BCUT2D eigenvalue weighted by atomic mass is 10.1. The van der Waals surface area contributed by atoms with Crippen molar-refractivity contribution in [1.82, 2.24) is 4.90 Å². The summed E-state index contributed by atoms with van der Waals surface area (Å²) in [4.78, 5) is 3.22. The van der Waals surface area contributed by atoms with Gasteiger partial charge in [-0.2, -0.15) is 0 Å². The second-order valence-corrected chi connectivity index (χ2v) is 5.27. The number of nitrogens with zero attached hydrogens (tertiary/aromatic N) is 1. The van der Waals surface area contributed by atoms with Gasteiger partial charge in [0, 0.05) is 18.7 Å². The summed E-state index contributed by atoms with van der Waals surface area (Å²) >= 11 is 5.62. The molecule has 1 heterocycles. The van der Waals surface area contributed by atoms with Gasteiger partial charge in [0.05, 0.1) is 13.2 Å². The average molecular weight is 293 g/mol. The van der Waals surface area contributed by atoms with E-state index in [1.807, 2.05) is 32.0 Å². The number of likely N-dealkylation sites (tertiary alicyclic amines) is 1. The summed E-state index contributed by atoms with van der Waals surface area (Å²) in [5.74, 6) is 1.57. The van der Waals surface area contributed by atoms with Gasteiger partial charge < -0.3 is 14.4 Å². The highest BCUT2D eigenvalue weighted by Gasteiger charge is 2.16. The zero-order valence-corrected chi connectivity index (χ0v) is 13.2. The van der Waals surface area contributed by atoms with Crippen molar-refractivity contribution in [3.63, 3.8) is 0 Å². The van der Waals surface area contributed by atoms with Crippen molar-refractivity contribution in [2.75, 3.05) is 26.3 Å². The molecule has 0 spiro atoms. The monoisotopic (exact) mass is 293 g/mol. The van der Waals surface area contributed by atoms with Gasteiger partial charge in [-0.25, -0.2) is 0 Å². The molecule has 1 aliphatic heterocycles. The van der Waals surface area contributed by atoms with Gasteiger partial charge in [-0.3, -0.25) is 0 Å². The van der Waals surface area contributed by atoms with Crippen molar-refractivity contribution >= 4 is 17.2 Å². The summed E-state index contributed by atoms with van der Waals surface area (Å²) in [7, 11) is 0. The topological polar surface area (TPSA) is 21.7 Å². The smallest absolute Gasteiger partial charge is 0.161 e. The molecule has 1 aromatic carbocycles. The Morgan fingerprint density at radius 2 is 1.70 bits per heavy atom. The summed E-state index contributed by atoms with van der Waals surface area (Å²) in [6.07, 6.45) is 3.78. The van der Waals surface area contributed by atoms with Crippen LogP contribution in [0.4, 0.5) is 0 Å². The first-order valence-electron chi connectivity index (χ1n) is 7.45. The summed E-state index contributed by atoms with van der Waals surface area (Å²) in [5, 5.41) is 0. The fourth-order valence-corrected chi connectivity index (χ4v) is 2.77. The first-order chi connectivity index (χ1) is 9.76. The normalized spacial score (nSPS) is 15.0. The molecule has 0 amide bonds. The van der Waals surface area contributed by atoms with Crippen molar-refractivity contribution in [1.29, 1.82) is 0 Å². The van der Waals surface area contributed by atoms with Crippen LogP contribution >= 0.6 is 12.2 Å². The molecule has 0 unspecified atom stereocenters. The Morgan fingerprint density at radius 3 is 2.35 bits per heavy atom. The Bertz CT molecular complexity index is 456. The van der Waals surface area contributed by atoms with Crippen molar-refractivity contribution in [2.45, 2.75) is 33.1 Å². The number of ether oxygens (including phenoxy) is 2. The molecule has 4 heteroatoms. The Hall–Kier alpha value is -1.29. The molecule has 2 rings (SSSR count). The van der Waals surface area contributed by atoms with Crippen LogP contribution in [-0.4, -0.2) is 36.2 Å². The molecule has 1 saturated heterocycles. The molecular formula is C16H23NO2S. The van der Waals surface area contributed by atoms with Crippen LogP contribution in [0, 0.1) is 0 Å². The first kappa shape index (κ1) is 15.1. The van der Waals surface area contributed by atoms with E-state index in [2.05, 4.69) is 4.90 Å². The van der Waals surface area contributed by atoms with E-state index < -0.39 is 0 Å². The minimum absolute atomic E-state index is 0.625. The van der Waals surface area contributed by atoms with Gasteiger partial charge in [0.2, 0.25) is 0 Å². The van der Waals surface area contributed by atoms with Crippen LogP contribution in [0.3, 0.4) is 0 Å². The van der Waals surface area contributed by atoms with Crippen LogP contribution < -0.4 is 9.47 Å². The third-order valence-corrected chi connectivity index (χ3v) is 3.93. The summed E-state index contributed by atoms with van der Waals surface area (Å²) in [6.45, 7) is 7.34. The predicted molar refractivity (Wildman–Crippen MR) is 85.9 cm³/mol. The van der Waals surface area contributed by atoms with Crippen LogP contribution in [-0.2, 0) is 0 Å². The van der Waals surface area contributed by atoms with Gasteiger partial charge >= 0.3 is 0 Å². The predicted octanol–water partition coefficient (Wildman–Crippen LogP) is 3.65. The average Bonchev–Trinajstić information content (AvgIpc) is 2.50. The highest BCUT2D eigenvalue weighted by molar-refractivity contribution is 7.80. The molecule has 110 valence electrons. The van der Waals surface area contributed by atoms with E-state index in [1.54, 1.807) is 0 Å². The molecule has 1 aromatic rings. The standard InChI is InChI=1S/C16H23NO2S/c1-3-18-14-9-8-13(12-15(14)19-4-2)16(20)17-10-6-5-7-11-17/h8-9,12H,3-7,10-11H2,1-2H3. The lowest BCUT2D eigenvalue weighted by Gasteiger charge is -2.29. The maximum atomic E-state index is 5.66. The molecule has 20 heavy (non-hydrogen) atoms. The van der Waals surface area contributed by atoms with Crippen molar-refractivity contribution < 1.29 is 9.47 Å². The number of benzene rings is 1. The van der Waals surface area contributed by atoms with Gasteiger partial charge in [0.25, 0.3) is 0 Å². The van der Waals surface area contributed by atoms with Gasteiger partial charge in [0.15, 0.2) is 11.5 Å². The maximum Gasteiger partial charge on any atom is 0.161 e. The molecule has 0 bridgehead atoms. The highest BCUT2D eigenvalue weighted by atomic mass is 32.1. The quantitative estimate of drug-likeness (QED) is 0.773. The van der Waals surface area contributed by atoms with E-state index in [1.165, 1.54) is 19.3 Å². The van der Waals surface area contributed by atoms with Gasteiger partial charge in [-0.15, -0.1) is 0 Å². The number of rotatable bonds is 5. The molecular weight excluding hydrogens is 270 g/mol. The Balaban J connectivity index is 2.18. The zero-order chi connectivity index (χ0) is 14.4. The van der Waals surface area contributed by atoms with E-state index in [0.29, 0.717) is 13.2 Å². The van der Waals surface area contributed by atoms with E-state index in [4.69, 9.17) is 21.7 Å². The van der Waals surface area contributed by atoms with Gasteiger partial charge in [-0.1, -0.05) is 12.2 Å². The summed E-state index contributed by atoms with van der Waals surface area (Å²) in [6, 6.07) is 6.00. The number of hydrogen-bond donors (Lipinski definition) is 0. The van der Waals surface area contributed by atoms with Crippen molar-refractivity contribution in [3.05, 3.63) is 23.8 Å². The molecule has 0 aromatic heterocycles. The van der Waals surface area contributed by atoms with E-state index in [-0.39, 0.29) is 0 Å². The fraction of sp³-hybridized carbons (Fsp3) is 0.562. The lowest BCUT2D eigenvalue weighted by Crippen LogP contribution is -2.34. The molecule has 0 radical (unpaired) electrons. The number of hydrogen-bond acceptors (Lipinski definition) is 3. The van der Waals surface area contributed by atoms with Crippen molar-refractivity contribution in [2.24, 2.45) is 0 Å². The van der Waals surface area contributed by atoms with Crippen LogP contribution in [0.1, 0.15) is 38.7 Å². The largest absolute Gasteiger partial charge is 0.490 e. The van der Waals surface area contributed by atoms with Crippen LogP contribution in [0.25, 0.3) is 0 Å². The number of thiocarbonyl (C=S) groups is 1. The minimum atomic E-state index is 0.625. The molecule has 0 N–H and O–H groups in total. The Kier molecular flexibility index (Phi) is 5.65. The van der Waals surface area contributed by atoms with E-state index in [0.717, 1.165) is 35.1 Å². The highest BCUT2D eigenvalue weighted by Crippen LogP contribution is 2.29. The minimum Gasteiger partial charge on any atom is -0.490 e. The lowest BCUT2D eigenvalue weighted by molar-refractivity contribution is 0.287. The van der Waals surface area contributed by atoms with Gasteiger partial charge in [0.1, 0.15) is 4.99 Å². The maximum absolute atomic E-state index is 5.66. The summed E-state index contributed by atoms with van der Waals surface area (Å²) < 4.78 is 11.3. The van der Waals surface area contributed by atoms with E-state index >= 15 is 0 Å². The molecule has 3 nitrogen and oxygen atoms in total. The van der Waals surface area contributed by atoms with Crippen LogP contribution in [0.2, 0.25) is 0 Å². The van der Waals surface area contributed by atoms with E-state index in [9.17, 15) is 0 Å². The van der Waals surface area contributed by atoms with Crippen LogP contribution in [0.15, 0.2) is 18.2 Å². The molecule has 1 aliphatic rings. The Morgan fingerprint density at radius 1 is 1.05 bits per heavy atom. The SMILES string of the molecule is CCOc1ccc(C(=S)N2CCCCC2)cc1OCC. The third kappa shape index (κ3) is 3.63. The summed E-state index contributed by atoms with van der Waals surface area (Å²) in [5.41, 5.74) is 1.05. The van der Waals surface area contributed by atoms with Gasteiger partial charge in [-0.05, 0) is 51.3 Å². The fourth-order valence-electron chi connectivity index (χ4n) is 2.46. The first-order valence-corrected chi connectivity index (χ1v) is 7.86. The molecule has 1 fully saturated rings. The van der Waals surface area contributed by atoms with Crippen molar-refractivity contribution in [3.8, 4) is 11.5 Å². The zero-order valence-electron chi connectivity index (χ0n) is 12.4. The molecule has 0 aliphatic carbocycles. The Labute approximate surface area is 126 Å². The second-order valence-electron chi connectivity index (χ2n) is 4.88. The second kappa shape index (κ2) is 7.48. The third-order valence-electron chi connectivity index (χ3n) is 3.43. The molecule has 0 atom stereocenters.